The Morgan fingerprint density at radius 2 is 1.78 bits per heavy atom. The number of halogens is 2. The molecule has 0 saturated heterocycles. The lowest BCUT2D eigenvalue weighted by atomic mass is 9.61. The lowest BCUT2D eigenvalue weighted by Gasteiger charge is -2.39. The molecule has 3 aromatic carbocycles. The van der Waals surface area contributed by atoms with Crippen molar-refractivity contribution in [3.63, 3.8) is 0 Å². The summed E-state index contributed by atoms with van der Waals surface area (Å²) < 4.78 is 5.48. The highest BCUT2D eigenvalue weighted by atomic mass is 35.5. The van der Waals surface area contributed by atoms with Crippen molar-refractivity contribution in [3.05, 3.63) is 99.5 Å². The molecular formula is C26H21Cl2NO3. The van der Waals surface area contributed by atoms with Crippen molar-refractivity contribution in [2.24, 2.45) is 0 Å². The third-order valence-corrected chi connectivity index (χ3v) is 6.44. The second-order valence-corrected chi connectivity index (χ2v) is 8.65. The van der Waals surface area contributed by atoms with E-state index in [1.54, 1.807) is 49.6 Å². The Bertz CT molecular complexity index is 1240. The number of hydrogen-bond acceptors (Lipinski definition) is 4. The molecule has 2 N–H and O–H groups in total. The van der Waals surface area contributed by atoms with Gasteiger partial charge in [-0.05, 0) is 41.5 Å². The molecule has 6 heteroatoms. The third-order valence-electron chi connectivity index (χ3n) is 5.97. The number of ether oxygens (including phenoxy) is 1. The number of carbonyl (C=O) groups excluding carboxylic acids is 2. The standard InChI is InChI=1S/C26H21Cl2NO3/c1-32-25-8-3-2-7-19(25)20-14-26(15-30,21-10-9-18(28)12-23(21)29)22(13-24(20)31)16-5-4-6-17(27)11-16/h2-12,14-15,22H,13,29H2,1H3/t22-,26-/m0/s1. The normalized spacial score (nSPS) is 20.5. The minimum atomic E-state index is -1.20. The minimum Gasteiger partial charge on any atom is -0.496 e. The van der Waals surface area contributed by atoms with Crippen molar-refractivity contribution < 1.29 is 14.3 Å². The van der Waals surface area contributed by atoms with Gasteiger partial charge in [0.1, 0.15) is 12.0 Å². The zero-order valence-electron chi connectivity index (χ0n) is 17.3. The quantitative estimate of drug-likeness (QED) is 0.378. The molecule has 4 rings (SSSR count). The lowest BCUT2D eigenvalue weighted by molar-refractivity contribution is -0.116. The molecular weight excluding hydrogens is 445 g/mol. The van der Waals surface area contributed by atoms with Crippen molar-refractivity contribution >= 4 is 46.5 Å². The molecule has 0 unspecified atom stereocenters. The van der Waals surface area contributed by atoms with E-state index in [4.69, 9.17) is 33.7 Å². The van der Waals surface area contributed by atoms with Crippen LogP contribution in [0, 0.1) is 0 Å². The topological polar surface area (TPSA) is 69.4 Å². The number of aldehydes is 1. The summed E-state index contributed by atoms with van der Waals surface area (Å²) in [5.41, 5.74) is 7.93. The van der Waals surface area contributed by atoms with Crippen LogP contribution in [0.5, 0.6) is 5.75 Å². The molecule has 2 atom stereocenters. The number of Topliss-reactive ketones (excluding diaryl/α,β-unsaturated/α-hetero) is 1. The van der Waals surface area contributed by atoms with Crippen molar-refractivity contribution in [1.29, 1.82) is 0 Å². The second kappa shape index (κ2) is 8.81. The number of rotatable bonds is 5. The van der Waals surface area contributed by atoms with Crippen LogP contribution < -0.4 is 10.5 Å². The van der Waals surface area contributed by atoms with Crippen LogP contribution in [-0.4, -0.2) is 19.2 Å². The number of methoxy groups -OCH3 is 1. The highest BCUT2D eigenvalue weighted by Gasteiger charge is 2.46. The average molecular weight is 466 g/mol. The number of anilines is 1. The van der Waals surface area contributed by atoms with Crippen LogP contribution in [0.15, 0.2) is 72.8 Å². The molecule has 1 aliphatic carbocycles. The van der Waals surface area contributed by atoms with Gasteiger partial charge < -0.3 is 15.3 Å². The predicted molar refractivity (Wildman–Crippen MR) is 128 cm³/mol. The fourth-order valence-corrected chi connectivity index (χ4v) is 4.85. The van der Waals surface area contributed by atoms with E-state index in [2.05, 4.69) is 0 Å². The number of allylic oxidation sites excluding steroid dienone is 2. The van der Waals surface area contributed by atoms with E-state index >= 15 is 0 Å². The van der Waals surface area contributed by atoms with E-state index in [1.165, 1.54) is 0 Å². The van der Waals surface area contributed by atoms with E-state index < -0.39 is 11.3 Å². The first-order chi connectivity index (χ1) is 15.4. The highest BCUT2D eigenvalue weighted by Crippen LogP contribution is 2.50. The SMILES string of the molecule is COc1ccccc1C1=C[C@](C=O)(c2ccc(Cl)cc2N)[C@H](c2cccc(Cl)c2)CC1=O. The number of ketones is 1. The van der Waals surface area contributed by atoms with Gasteiger partial charge in [-0.3, -0.25) is 4.79 Å². The van der Waals surface area contributed by atoms with Crippen LogP contribution in [0.2, 0.25) is 10.0 Å². The van der Waals surface area contributed by atoms with Crippen molar-refractivity contribution in [1.82, 2.24) is 0 Å². The van der Waals surface area contributed by atoms with Gasteiger partial charge in [-0.1, -0.05) is 65.7 Å². The Hall–Kier alpha value is -3.08. The number of benzene rings is 3. The van der Waals surface area contributed by atoms with Crippen molar-refractivity contribution in [3.8, 4) is 5.75 Å². The molecule has 0 aliphatic heterocycles. The molecule has 0 heterocycles. The van der Waals surface area contributed by atoms with Crippen LogP contribution in [0.25, 0.3) is 5.57 Å². The van der Waals surface area contributed by atoms with E-state index in [-0.39, 0.29) is 12.2 Å². The second-order valence-electron chi connectivity index (χ2n) is 7.78. The van der Waals surface area contributed by atoms with Gasteiger partial charge in [-0.2, -0.15) is 0 Å². The summed E-state index contributed by atoms with van der Waals surface area (Å²) in [6.07, 6.45) is 2.68. The third kappa shape index (κ3) is 3.81. The van der Waals surface area contributed by atoms with Crippen LogP contribution in [0.3, 0.4) is 0 Å². The van der Waals surface area contributed by atoms with Crippen molar-refractivity contribution in [2.75, 3.05) is 12.8 Å². The summed E-state index contributed by atoms with van der Waals surface area (Å²) in [5.74, 6) is -0.0326. The first kappa shape index (κ1) is 22.1. The molecule has 3 aromatic rings. The Balaban J connectivity index is 2.02. The van der Waals surface area contributed by atoms with Gasteiger partial charge in [-0.25, -0.2) is 0 Å². The summed E-state index contributed by atoms with van der Waals surface area (Å²) in [4.78, 5) is 26.3. The summed E-state index contributed by atoms with van der Waals surface area (Å²) >= 11 is 12.4. The van der Waals surface area contributed by atoms with Gasteiger partial charge in [0.2, 0.25) is 0 Å². The Morgan fingerprint density at radius 3 is 2.47 bits per heavy atom. The van der Waals surface area contributed by atoms with E-state index in [0.717, 1.165) is 11.8 Å². The van der Waals surface area contributed by atoms with Gasteiger partial charge in [0.05, 0.1) is 12.5 Å². The van der Waals surface area contributed by atoms with Gasteiger partial charge in [0.25, 0.3) is 0 Å². The smallest absolute Gasteiger partial charge is 0.164 e. The molecule has 0 amide bonds. The largest absolute Gasteiger partial charge is 0.496 e. The van der Waals surface area contributed by atoms with Crippen LogP contribution in [-0.2, 0) is 15.0 Å². The number of nitrogen functional groups attached to an aromatic ring is 1. The fraction of sp³-hybridized carbons (Fsp3) is 0.154. The lowest BCUT2D eigenvalue weighted by Crippen LogP contribution is -2.39. The summed E-state index contributed by atoms with van der Waals surface area (Å²) in [7, 11) is 1.55. The molecule has 162 valence electrons. The van der Waals surface area contributed by atoms with Gasteiger partial charge in [0.15, 0.2) is 5.78 Å². The Labute approximate surface area is 196 Å². The Kier molecular flexibility index (Phi) is 6.09. The summed E-state index contributed by atoms with van der Waals surface area (Å²) in [5, 5.41) is 0.991. The highest BCUT2D eigenvalue weighted by molar-refractivity contribution is 6.31. The first-order valence-corrected chi connectivity index (χ1v) is 10.8. The van der Waals surface area contributed by atoms with E-state index in [9.17, 15) is 9.59 Å². The molecule has 0 aromatic heterocycles. The van der Waals surface area contributed by atoms with Crippen LogP contribution in [0.4, 0.5) is 5.69 Å². The zero-order chi connectivity index (χ0) is 22.9. The molecule has 0 spiro atoms. The van der Waals surface area contributed by atoms with Gasteiger partial charge in [0, 0.05) is 39.2 Å². The number of nitrogens with two attached hydrogens (primary N) is 1. The van der Waals surface area contributed by atoms with Crippen molar-refractivity contribution in [2.45, 2.75) is 17.8 Å². The maximum absolute atomic E-state index is 13.4. The van der Waals surface area contributed by atoms with Crippen LogP contribution in [0.1, 0.15) is 29.0 Å². The molecule has 1 aliphatic rings. The minimum absolute atomic E-state index is 0.0931. The summed E-state index contributed by atoms with van der Waals surface area (Å²) in [6.45, 7) is 0. The molecule has 0 bridgehead atoms. The van der Waals surface area contributed by atoms with Crippen LogP contribution >= 0.6 is 23.2 Å². The average Bonchev–Trinajstić information content (AvgIpc) is 2.79. The molecule has 0 fully saturated rings. The van der Waals surface area contributed by atoms with Gasteiger partial charge >= 0.3 is 0 Å². The van der Waals surface area contributed by atoms with Gasteiger partial charge in [-0.15, -0.1) is 0 Å². The number of hydrogen-bond donors (Lipinski definition) is 1. The molecule has 32 heavy (non-hydrogen) atoms. The summed E-state index contributed by atoms with van der Waals surface area (Å²) in [6, 6.07) is 19.5. The molecule has 4 nitrogen and oxygen atoms in total. The number of para-hydroxylation sites is 1. The predicted octanol–water partition coefficient (Wildman–Crippen LogP) is 5.86. The molecule has 0 radical (unpaired) electrons. The maximum atomic E-state index is 13.4. The molecule has 0 saturated carbocycles. The zero-order valence-corrected chi connectivity index (χ0v) is 18.9. The monoisotopic (exact) mass is 465 g/mol. The fourth-order valence-electron chi connectivity index (χ4n) is 4.47. The number of carbonyl (C=O) groups is 2. The maximum Gasteiger partial charge on any atom is 0.164 e. The van der Waals surface area contributed by atoms with E-state index in [0.29, 0.717) is 38.2 Å². The Morgan fingerprint density at radius 1 is 1.03 bits per heavy atom. The first-order valence-electron chi connectivity index (χ1n) is 10.1. The van der Waals surface area contributed by atoms with E-state index in [1.807, 2.05) is 30.3 Å².